The molecule has 0 bridgehead atoms. The summed E-state index contributed by atoms with van der Waals surface area (Å²) in [7, 11) is 0. The Morgan fingerprint density at radius 1 is 0.304 bits per heavy atom. The zero-order chi connectivity index (χ0) is 45.5. The van der Waals surface area contributed by atoms with Gasteiger partial charge in [-0.15, -0.1) is 0 Å². The maximum Gasteiger partial charge on any atom is 0.0726 e. The van der Waals surface area contributed by atoms with E-state index in [9.17, 15) is 0 Å². The van der Waals surface area contributed by atoms with Crippen LogP contribution < -0.4 is 4.90 Å². The third-order valence-electron chi connectivity index (χ3n) is 14.8. The average molecular weight is 877 g/mol. The van der Waals surface area contributed by atoms with Gasteiger partial charge in [-0.25, -0.2) is 0 Å². The summed E-state index contributed by atoms with van der Waals surface area (Å²) in [6.07, 6.45) is 0. The van der Waals surface area contributed by atoms with Crippen molar-refractivity contribution in [2.75, 3.05) is 4.90 Å². The van der Waals surface area contributed by atoms with E-state index in [-0.39, 0.29) is 0 Å². The molecule has 1 aromatic heterocycles. The molecule has 1 heterocycles. The first kappa shape index (κ1) is 39.2. The highest BCUT2D eigenvalue weighted by Crippen LogP contribution is 2.64. The lowest BCUT2D eigenvalue weighted by Crippen LogP contribution is -2.25. The van der Waals surface area contributed by atoms with Crippen LogP contribution in [0.15, 0.2) is 267 Å². The number of hydrogen-bond acceptors (Lipinski definition) is 1. The topological polar surface area (TPSA) is 8.17 Å². The van der Waals surface area contributed by atoms with Gasteiger partial charge in [-0.1, -0.05) is 212 Å². The predicted octanol–water partition coefficient (Wildman–Crippen LogP) is 17.6. The molecular formula is C67H44N2. The van der Waals surface area contributed by atoms with Crippen molar-refractivity contribution in [3.05, 3.63) is 289 Å². The van der Waals surface area contributed by atoms with E-state index in [1.54, 1.807) is 0 Å². The van der Waals surface area contributed by atoms with Gasteiger partial charge in [0.2, 0.25) is 0 Å². The Kier molecular flexibility index (Phi) is 8.84. The van der Waals surface area contributed by atoms with Crippen LogP contribution in [-0.4, -0.2) is 4.57 Å². The van der Waals surface area contributed by atoms with Gasteiger partial charge in [-0.2, -0.15) is 0 Å². The van der Waals surface area contributed by atoms with Gasteiger partial charge < -0.3 is 9.47 Å². The van der Waals surface area contributed by atoms with Crippen LogP contribution in [-0.2, 0) is 5.41 Å². The van der Waals surface area contributed by atoms with E-state index in [4.69, 9.17) is 0 Å². The molecular weight excluding hydrogens is 833 g/mol. The summed E-state index contributed by atoms with van der Waals surface area (Å²) in [4.78, 5) is 2.39. The van der Waals surface area contributed by atoms with Crippen LogP contribution in [0.2, 0.25) is 0 Å². The molecule has 0 aliphatic heterocycles. The van der Waals surface area contributed by atoms with Crippen LogP contribution in [0.3, 0.4) is 0 Å². The largest absolute Gasteiger partial charge is 0.310 e. The van der Waals surface area contributed by atoms with Gasteiger partial charge in [-0.05, 0) is 121 Å². The van der Waals surface area contributed by atoms with Gasteiger partial charge >= 0.3 is 0 Å². The number of aromatic nitrogens is 1. The fourth-order valence-electron chi connectivity index (χ4n) is 11.9. The molecule has 0 radical (unpaired) electrons. The standard InChI is InChI=1S/C67H44N2/c1-4-18-45(19-5-1)46-32-37-51(38-33-46)68(63-31-17-13-24-53(63)48-20-6-2-7-21-48)52-39-34-47(35-40-52)49-36-43-64-58(44-49)56-41-42-62-65(66(56)69(64)50-22-8-3-9-23-50)57-27-12-16-30-61(57)67(62)59-28-14-10-25-54(59)55-26-11-15-29-60(55)67/h1-44H. The van der Waals surface area contributed by atoms with Crippen molar-refractivity contribution >= 4 is 38.9 Å². The van der Waals surface area contributed by atoms with Crippen molar-refractivity contribution in [3.63, 3.8) is 0 Å². The zero-order valence-corrected chi connectivity index (χ0v) is 37.8. The van der Waals surface area contributed by atoms with Gasteiger partial charge in [0.25, 0.3) is 0 Å². The highest BCUT2D eigenvalue weighted by atomic mass is 15.1. The van der Waals surface area contributed by atoms with Crippen molar-refractivity contribution < 1.29 is 0 Å². The summed E-state index contributed by atoms with van der Waals surface area (Å²) in [5.41, 5.74) is 24.3. The molecule has 14 rings (SSSR count). The van der Waals surface area contributed by atoms with Crippen molar-refractivity contribution in [2.24, 2.45) is 0 Å². The highest BCUT2D eigenvalue weighted by molar-refractivity contribution is 6.17. The highest BCUT2D eigenvalue weighted by Gasteiger charge is 2.52. The van der Waals surface area contributed by atoms with Crippen LogP contribution in [0.1, 0.15) is 22.3 Å². The number of nitrogens with zero attached hydrogens (tertiary/aromatic N) is 2. The van der Waals surface area contributed by atoms with Crippen molar-refractivity contribution in [3.8, 4) is 61.3 Å². The van der Waals surface area contributed by atoms with Gasteiger partial charge in [0, 0.05) is 39.0 Å². The molecule has 1 spiro atoms. The molecule has 0 saturated carbocycles. The minimum atomic E-state index is -0.419. The minimum Gasteiger partial charge on any atom is -0.310 e. The molecule has 12 aromatic rings. The second kappa shape index (κ2) is 15.6. The molecule has 2 aliphatic rings. The number of fused-ring (bicyclic) bond motifs is 14. The molecule has 0 amide bonds. The number of rotatable bonds is 7. The number of hydrogen-bond donors (Lipinski definition) is 0. The third-order valence-corrected chi connectivity index (χ3v) is 14.8. The monoisotopic (exact) mass is 876 g/mol. The first-order chi connectivity index (χ1) is 34.3. The van der Waals surface area contributed by atoms with Crippen molar-refractivity contribution in [1.29, 1.82) is 0 Å². The lowest BCUT2D eigenvalue weighted by atomic mass is 9.70. The summed E-state index contributed by atoms with van der Waals surface area (Å²) in [5, 5.41) is 2.49. The molecule has 322 valence electrons. The molecule has 0 atom stereocenters. The Bertz CT molecular complexity index is 3880. The number of benzene rings is 11. The molecule has 2 heteroatoms. The van der Waals surface area contributed by atoms with Gasteiger partial charge in [0.1, 0.15) is 0 Å². The Hall–Kier alpha value is -8.98. The maximum absolute atomic E-state index is 2.52. The molecule has 69 heavy (non-hydrogen) atoms. The molecule has 2 aliphatic carbocycles. The van der Waals surface area contributed by atoms with E-state index in [1.807, 2.05) is 0 Å². The number of para-hydroxylation sites is 2. The van der Waals surface area contributed by atoms with E-state index in [1.165, 1.54) is 99.7 Å². The van der Waals surface area contributed by atoms with E-state index in [0.29, 0.717) is 0 Å². The summed E-state index contributed by atoms with van der Waals surface area (Å²) in [6, 6.07) is 98.3. The molecule has 0 unspecified atom stereocenters. The van der Waals surface area contributed by atoms with Crippen molar-refractivity contribution in [2.45, 2.75) is 5.41 Å². The normalized spacial score (nSPS) is 12.8. The maximum atomic E-state index is 2.52. The number of anilines is 3. The molecule has 0 fully saturated rings. The van der Waals surface area contributed by atoms with E-state index in [0.717, 1.165) is 22.7 Å². The fourth-order valence-corrected chi connectivity index (χ4v) is 11.9. The second-order valence-corrected chi connectivity index (χ2v) is 18.4. The molecule has 2 nitrogen and oxygen atoms in total. The zero-order valence-electron chi connectivity index (χ0n) is 37.8. The minimum absolute atomic E-state index is 0.419. The smallest absolute Gasteiger partial charge is 0.0726 e. The van der Waals surface area contributed by atoms with Gasteiger partial charge in [0.05, 0.1) is 22.1 Å². The predicted molar refractivity (Wildman–Crippen MR) is 288 cm³/mol. The van der Waals surface area contributed by atoms with Crippen LogP contribution >= 0.6 is 0 Å². The lowest BCUT2D eigenvalue weighted by Gasteiger charge is -2.30. The summed E-state index contributed by atoms with van der Waals surface area (Å²) in [6.45, 7) is 0. The second-order valence-electron chi connectivity index (χ2n) is 18.4. The first-order valence-corrected chi connectivity index (χ1v) is 23.9. The first-order valence-electron chi connectivity index (χ1n) is 23.9. The van der Waals surface area contributed by atoms with Crippen LogP contribution in [0, 0.1) is 0 Å². The van der Waals surface area contributed by atoms with Crippen molar-refractivity contribution in [1.82, 2.24) is 4.57 Å². The Labute approximate surface area is 402 Å². The summed E-state index contributed by atoms with van der Waals surface area (Å²) in [5.74, 6) is 0. The van der Waals surface area contributed by atoms with Crippen LogP contribution in [0.4, 0.5) is 17.1 Å². The SMILES string of the molecule is c1ccc(-c2ccc(N(c3ccc(-c4ccc5c(c4)c4ccc6c(c4n5-c4ccccc4)-c4ccccc4C64c5ccccc5-c5ccccc54)cc3)c3ccccc3-c3ccccc3)cc2)cc1. The Morgan fingerprint density at radius 3 is 1.39 bits per heavy atom. The van der Waals surface area contributed by atoms with E-state index in [2.05, 4.69) is 276 Å². The quantitative estimate of drug-likeness (QED) is 0.155. The molecule has 11 aromatic carbocycles. The molecule has 0 saturated heterocycles. The molecule has 0 N–H and O–H groups in total. The van der Waals surface area contributed by atoms with Gasteiger partial charge in [-0.3, -0.25) is 0 Å². The third kappa shape index (κ3) is 5.86. The van der Waals surface area contributed by atoms with E-state index < -0.39 is 5.41 Å². The van der Waals surface area contributed by atoms with E-state index >= 15 is 0 Å². The Morgan fingerprint density at radius 2 is 0.768 bits per heavy atom. The fraction of sp³-hybridized carbons (Fsp3) is 0.0149. The summed E-state index contributed by atoms with van der Waals surface area (Å²) < 4.78 is 2.52. The summed E-state index contributed by atoms with van der Waals surface area (Å²) >= 11 is 0. The van der Waals surface area contributed by atoms with Gasteiger partial charge in [0.15, 0.2) is 0 Å². The van der Waals surface area contributed by atoms with Crippen LogP contribution in [0.25, 0.3) is 83.1 Å². The average Bonchev–Trinajstić information content (AvgIpc) is 4.04. The lowest BCUT2D eigenvalue weighted by molar-refractivity contribution is 0.794. The van der Waals surface area contributed by atoms with Crippen LogP contribution in [0.5, 0.6) is 0 Å². The Balaban J connectivity index is 0.937.